The number of nitrogens with one attached hydrogen (secondary N) is 1. The summed E-state index contributed by atoms with van der Waals surface area (Å²) in [6.07, 6.45) is 6.55. The van der Waals surface area contributed by atoms with Crippen molar-refractivity contribution < 1.29 is 9.59 Å². The Labute approximate surface area is 143 Å². The maximum Gasteiger partial charge on any atom is 0.257 e. The lowest BCUT2D eigenvalue weighted by Gasteiger charge is -2.15. The van der Waals surface area contributed by atoms with E-state index >= 15 is 0 Å². The highest BCUT2D eigenvalue weighted by Crippen LogP contribution is 2.17. The number of hydrogen-bond acceptors (Lipinski definition) is 3. The van der Waals surface area contributed by atoms with E-state index in [0.29, 0.717) is 22.5 Å². The van der Waals surface area contributed by atoms with Crippen LogP contribution < -0.4 is 16.5 Å². The molecule has 0 fully saturated rings. The van der Waals surface area contributed by atoms with Crippen molar-refractivity contribution in [3.05, 3.63) is 45.2 Å². The van der Waals surface area contributed by atoms with Crippen LogP contribution in [0.4, 0.5) is 0 Å². The number of rotatable bonds is 5. The van der Waals surface area contributed by atoms with Crippen molar-refractivity contribution in [2.24, 2.45) is 5.73 Å². The molecule has 1 heterocycles. The summed E-state index contributed by atoms with van der Waals surface area (Å²) in [4.78, 5) is 36.4. The van der Waals surface area contributed by atoms with Crippen molar-refractivity contribution >= 4 is 34.3 Å². The van der Waals surface area contributed by atoms with Gasteiger partial charge in [-0.1, -0.05) is 11.6 Å². The molecule has 1 unspecified atom stereocenters. The fourth-order valence-corrected chi connectivity index (χ4v) is 2.54. The summed E-state index contributed by atoms with van der Waals surface area (Å²) >= 11 is 5.95. The van der Waals surface area contributed by atoms with Gasteiger partial charge in [0.1, 0.15) is 11.6 Å². The summed E-state index contributed by atoms with van der Waals surface area (Å²) < 4.78 is 1.75. The van der Waals surface area contributed by atoms with Gasteiger partial charge < -0.3 is 15.6 Å². The number of carbonyl (C=O) groups excluding carboxylic acids is 2. The molecule has 0 saturated heterocycles. The van der Waals surface area contributed by atoms with E-state index in [2.05, 4.69) is 11.2 Å². The number of hydrogen-bond donors (Lipinski definition) is 2. The van der Waals surface area contributed by atoms with E-state index in [-0.39, 0.29) is 12.0 Å². The van der Waals surface area contributed by atoms with Crippen molar-refractivity contribution in [1.82, 2.24) is 9.88 Å². The summed E-state index contributed by atoms with van der Waals surface area (Å²) in [5.41, 5.74) is 5.29. The molecule has 2 amide bonds. The molecule has 3 N–H and O–H groups in total. The molecule has 1 atom stereocenters. The number of fused-ring (bicyclic) bond motifs is 1. The number of amides is 2. The molecule has 0 aliphatic rings. The van der Waals surface area contributed by atoms with Gasteiger partial charge in [0.15, 0.2) is 0 Å². The summed E-state index contributed by atoms with van der Waals surface area (Å²) in [6.45, 7) is 2.42. The average Bonchev–Trinajstić information content (AvgIpc) is 2.55. The van der Waals surface area contributed by atoms with Crippen LogP contribution >= 0.6 is 11.6 Å². The highest BCUT2D eigenvalue weighted by atomic mass is 35.5. The van der Waals surface area contributed by atoms with Crippen LogP contribution in [-0.2, 0) is 11.3 Å². The molecule has 2 rings (SSSR count). The van der Waals surface area contributed by atoms with Gasteiger partial charge >= 0.3 is 0 Å². The Bertz CT molecular complexity index is 912. The van der Waals surface area contributed by atoms with Gasteiger partial charge in [-0.25, -0.2) is 0 Å². The molecule has 0 aliphatic heterocycles. The third-order valence-electron chi connectivity index (χ3n) is 3.60. The first-order chi connectivity index (χ1) is 11.4. The van der Waals surface area contributed by atoms with Crippen molar-refractivity contribution in [2.45, 2.75) is 25.9 Å². The average molecular weight is 346 g/mol. The smallest absolute Gasteiger partial charge is 0.257 e. The van der Waals surface area contributed by atoms with E-state index in [1.54, 1.807) is 16.7 Å². The highest BCUT2D eigenvalue weighted by molar-refractivity contribution is 6.31. The van der Waals surface area contributed by atoms with Crippen LogP contribution in [0.25, 0.3) is 10.9 Å². The second-order valence-corrected chi connectivity index (χ2v) is 5.59. The predicted molar refractivity (Wildman–Crippen MR) is 92.8 cm³/mol. The minimum atomic E-state index is -1.04. The van der Waals surface area contributed by atoms with Gasteiger partial charge in [0.05, 0.1) is 5.52 Å². The van der Waals surface area contributed by atoms with Crippen LogP contribution in [0.2, 0.25) is 5.02 Å². The molecule has 6 nitrogen and oxygen atoms in total. The Morgan fingerprint density at radius 2 is 2.17 bits per heavy atom. The van der Waals surface area contributed by atoms with Gasteiger partial charge in [-0.15, -0.1) is 12.3 Å². The van der Waals surface area contributed by atoms with Crippen molar-refractivity contribution in [3.8, 4) is 12.3 Å². The fourth-order valence-electron chi connectivity index (χ4n) is 2.37. The molecule has 0 radical (unpaired) electrons. The first-order valence-electron chi connectivity index (χ1n) is 7.25. The maximum absolute atomic E-state index is 12.6. The van der Waals surface area contributed by atoms with Crippen molar-refractivity contribution in [1.29, 1.82) is 0 Å². The molecule has 7 heteroatoms. The number of nitrogens with two attached hydrogens (primary N) is 1. The Hall–Kier alpha value is -2.78. The first kappa shape index (κ1) is 17.6. The van der Waals surface area contributed by atoms with E-state index < -0.39 is 23.3 Å². The second-order valence-electron chi connectivity index (χ2n) is 5.16. The van der Waals surface area contributed by atoms with Gasteiger partial charge in [-0.05, 0) is 25.1 Å². The summed E-state index contributed by atoms with van der Waals surface area (Å²) in [5, 5.41) is 3.12. The lowest BCUT2D eigenvalue weighted by molar-refractivity contribution is -0.119. The molecule has 0 aliphatic carbocycles. The van der Waals surface area contributed by atoms with Crippen molar-refractivity contribution in [3.63, 3.8) is 0 Å². The van der Waals surface area contributed by atoms with Gasteiger partial charge in [-0.2, -0.15) is 0 Å². The number of terminal acetylenes is 1. The topological polar surface area (TPSA) is 94.2 Å². The molecule has 0 saturated carbocycles. The van der Waals surface area contributed by atoms with E-state index in [0.717, 1.165) is 0 Å². The number of aryl methyl sites for hydroxylation is 1. The molecule has 1 aromatic heterocycles. The van der Waals surface area contributed by atoms with E-state index in [4.69, 9.17) is 23.8 Å². The zero-order chi connectivity index (χ0) is 17.9. The molecular weight excluding hydrogens is 330 g/mol. The molecule has 0 spiro atoms. The Kier molecular flexibility index (Phi) is 5.27. The maximum atomic E-state index is 12.6. The van der Waals surface area contributed by atoms with Crippen molar-refractivity contribution in [2.75, 3.05) is 0 Å². The third-order valence-corrected chi connectivity index (χ3v) is 3.83. The summed E-state index contributed by atoms with van der Waals surface area (Å²) in [7, 11) is 0. The summed E-state index contributed by atoms with van der Waals surface area (Å²) in [5.74, 6) is 0.795. The quantitative estimate of drug-likeness (QED) is 0.799. The van der Waals surface area contributed by atoms with Crippen LogP contribution in [0.1, 0.15) is 23.7 Å². The Balaban J connectivity index is 2.54. The fraction of sp³-hybridized carbons (Fsp3) is 0.235. The van der Waals surface area contributed by atoms with Gasteiger partial charge in [0.2, 0.25) is 11.3 Å². The Morgan fingerprint density at radius 3 is 2.75 bits per heavy atom. The zero-order valence-corrected chi connectivity index (χ0v) is 13.8. The van der Waals surface area contributed by atoms with Crippen LogP contribution in [0, 0.1) is 12.3 Å². The largest absolute Gasteiger partial charge is 0.368 e. The minimum absolute atomic E-state index is 0.0531. The molecule has 124 valence electrons. The molecule has 0 bridgehead atoms. The van der Waals surface area contributed by atoms with Crippen LogP contribution in [0.3, 0.4) is 0 Å². The zero-order valence-electron chi connectivity index (χ0n) is 13.0. The van der Waals surface area contributed by atoms with E-state index in [1.165, 1.54) is 12.3 Å². The predicted octanol–water partition coefficient (Wildman–Crippen LogP) is 1.28. The number of pyridine rings is 1. The first-order valence-corrected chi connectivity index (χ1v) is 7.63. The van der Waals surface area contributed by atoms with Crippen LogP contribution in [0.15, 0.2) is 29.2 Å². The van der Waals surface area contributed by atoms with E-state index in [1.807, 2.05) is 6.92 Å². The lowest BCUT2D eigenvalue weighted by Crippen LogP contribution is -2.45. The molecule has 2 aromatic rings. The highest BCUT2D eigenvalue weighted by Gasteiger charge is 2.21. The monoisotopic (exact) mass is 345 g/mol. The number of primary amides is 1. The number of benzene rings is 1. The van der Waals surface area contributed by atoms with Gasteiger partial charge in [0.25, 0.3) is 5.91 Å². The van der Waals surface area contributed by atoms with Crippen LogP contribution in [0.5, 0.6) is 0 Å². The second kappa shape index (κ2) is 7.20. The number of aromatic nitrogens is 1. The number of carbonyl (C=O) groups is 2. The molecule has 24 heavy (non-hydrogen) atoms. The third kappa shape index (κ3) is 3.42. The summed E-state index contributed by atoms with van der Waals surface area (Å²) in [6, 6.07) is 3.86. The standard InChI is InChI=1S/C17H16ClN3O3/c1-3-5-13(16(19)23)20-17(24)12-9-21(4-2)14-7-6-10(18)8-11(14)15(12)22/h1,6-9,13H,4-5H2,2H3,(H2,19,23)(H,20,24). The normalized spacial score (nSPS) is 11.7. The Morgan fingerprint density at radius 1 is 1.46 bits per heavy atom. The number of nitrogens with zero attached hydrogens (tertiary/aromatic N) is 1. The SMILES string of the molecule is C#CCC(NC(=O)c1cn(CC)c2ccc(Cl)cc2c1=O)C(N)=O. The van der Waals surface area contributed by atoms with Gasteiger partial charge in [0, 0.05) is 29.6 Å². The van der Waals surface area contributed by atoms with Gasteiger partial charge in [-0.3, -0.25) is 14.4 Å². The number of halogens is 1. The van der Waals surface area contributed by atoms with Crippen LogP contribution in [-0.4, -0.2) is 22.4 Å². The lowest BCUT2D eigenvalue weighted by atomic mass is 10.1. The molecule has 1 aromatic carbocycles. The minimum Gasteiger partial charge on any atom is -0.368 e. The van der Waals surface area contributed by atoms with E-state index in [9.17, 15) is 14.4 Å². The molecular formula is C17H16ClN3O3.